The molecule has 1 atom stereocenters. The van der Waals surface area contributed by atoms with Gasteiger partial charge in [0, 0.05) is 35.6 Å². The molecule has 38 heavy (non-hydrogen) atoms. The summed E-state index contributed by atoms with van der Waals surface area (Å²) in [6.07, 6.45) is 1.39. The zero-order valence-electron chi connectivity index (χ0n) is 21.4. The molecule has 4 aromatic rings. The highest BCUT2D eigenvalue weighted by Crippen LogP contribution is 2.46. The monoisotopic (exact) mass is 527 g/mol. The van der Waals surface area contributed by atoms with E-state index >= 15 is 0 Å². The van der Waals surface area contributed by atoms with Crippen LogP contribution in [0.5, 0.6) is 5.75 Å². The molecule has 1 N–H and O–H groups in total. The van der Waals surface area contributed by atoms with Crippen LogP contribution in [0.15, 0.2) is 59.5 Å². The zero-order valence-corrected chi connectivity index (χ0v) is 22.2. The molecule has 0 saturated heterocycles. The number of nitriles is 1. The third-order valence-electron chi connectivity index (χ3n) is 6.88. The molecule has 1 unspecified atom stereocenters. The number of hydrogen-bond donors (Lipinski definition) is 1. The van der Waals surface area contributed by atoms with Crippen molar-refractivity contribution in [3.63, 3.8) is 0 Å². The van der Waals surface area contributed by atoms with Crippen LogP contribution in [0.1, 0.15) is 65.7 Å². The molecule has 0 fully saturated rings. The molecule has 8 nitrogen and oxygen atoms in total. The number of fused-ring (bicyclic) bond motifs is 1. The van der Waals surface area contributed by atoms with Gasteiger partial charge in [-0.1, -0.05) is 29.8 Å². The van der Waals surface area contributed by atoms with Gasteiger partial charge in [-0.2, -0.15) is 5.26 Å². The average Bonchev–Trinajstić information content (AvgIpc) is 3.41. The molecular weight excluding hydrogens is 502 g/mol. The number of carbonyl (C=O) groups excluding carboxylic acids is 1. The summed E-state index contributed by atoms with van der Waals surface area (Å²) < 4.78 is 3.31. The van der Waals surface area contributed by atoms with E-state index in [0.717, 1.165) is 11.1 Å². The molecule has 1 amide bonds. The van der Waals surface area contributed by atoms with Crippen LogP contribution in [0.4, 0.5) is 5.69 Å². The standard InChI is InChI=1S/C29H26ClN5O3/c1-5-33-15-23(36)21(13-24(33)37)28-32-25-27(34(28)16(2)3)26(19-9-7-18(14-31)8-10-19)35(29(25)38)22-12-20(30)11-6-17(22)4/h6-13,15-16,26,36H,5H2,1-4H3. The second-order valence-electron chi connectivity index (χ2n) is 9.57. The Bertz CT molecular complexity index is 1680. The van der Waals surface area contributed by atoms with Gasteiger partial charge in [-0.05, 0) is 63.1 Å². The summed E-state index contributed by atoms with van der Waals surface area (Å²) in [5.74, 6) is -0.0685. The van der Waals surface area contributed by atoms with Crippen molar-refractivity contribution >= 4 is 23.2 Å². The van der Waals surface area contributed by atoms with E-state index in [1.807, 2.05) is 50.5 Å². The van der Waals surface area contributed by atoms with Crippen LogP contribution in [0.25, 0.3) is 11.4 Å². The summed E-state index contributed by atoms with van der Waals surface area (Å²) in [4.78, 5) is 33.2. The van der Waals surface area contributed by atoms with Crippen LogP contribution >= 0.6 is 11.6 Å². The van der Waals surface area contributed by atoms with E-state index < -0.39 is 6.04 Å². The van der Waals surface area contributed by atoms with Gasteiger partial charge < -0.3 is 14.2 Å². The van der Waals surface area contributed by atoms with E-state index in [2.05, 4.69) is 6.07 Å². The van der Waals surface area contributed by atoms with Gasteiger partial charge in [0.05, 0.1) is 22.9 Å². The summed E-state index contributed by atoms with van der Waals surface area (Å²) in [6.45, 7) is 8.06. The Morgan fingerprint density at radius 1 is 1.13 bits per heavy atom. The quantitative estimate of drug-likeness (QED) is 0.363. The number of halogens is 1. The third kappa shape index (κ3) is 3.96. The molecule has 0 spiro atoms. The Kier molecular flexibility index (Phi) is 6.33. The number of hydrogen-bond acceptors (Lipinski definition) is 5. The molecule has 1 aliphatic rings. The van der Waals surface area contributed by atoms with Gasteiger partial charge in [-0.3, -0.25) is 14.5 Å². The third-order valence-corrected chi connectivity index (χ3v) is 7.11. The van der Waals surface area contributed by atoms with E-state index in [9.17, 15) is 20.0 Å². The fraction of sp³-hybridized carbons (Fsp3) is 0.241. The van der Waals surface area contributed by atoms with Gasteiger partial charge in [0.15, 0.2) is 5.69 Å². The number of carbonyl (C=O) groups is 1. The number of pyridine rings is 1. The van der Waals surface area contributed by atoms with Crippen molar-refractivity contribution < 1.29 is 9.90 Å². The highest BCUT2D eigenvalue weighted by Gasteiger charge is 2.45. The molecule has 0 saturated carbocycles. The maximum Gasteiger partial charge on any atom is 0.279 e. The van der Waals surface area contributed by atoms with Gasteiger partial charge in [0.2, 0.25) is 0 Å². The van der Waals surface area contributed by atoms with E-state index in [4.69, 9.17) is 16.6 Å². The fourth-order valence-electron chi connectivity index (χ4n) is 5.06. The number of aromatic hydroxyl groups is 1. The summed E-state index contributed by atoms with van der Waals surface area (Å²) in [5.41, 5.74) is 3.68. The maximum absolute atomic E-state index is 14.1. The van der Waals surface area contributed by atoms with Gasteiger partial charge >= 0.3 is 0 Å². The summed E-state index contributed by atoms with van der Waals surface area (Å²) in [6, 6.07) is 15.2. The Morgan fingerprint density at radius 2 is 1.84 bits per heavy atom. The van der Waals surface area contributed by atoms with Crippen LogP contribution in [0.2, 0.25) is 5.02 Å². The number of imidazole rings is 1. The Hall–Kier alpha value is -4.35. The highest BCUT2D eigenvalue weighted by molar-refractivity contribution is 6.31. The molecule has 5 rings (SSSR count). The number of nitrogens with zero attached hydrogens (tertiary/aromatic N) is 5. The fourth-order valence-corrected chi connectivity index (χ4v) is 5.22. The van der Waals surface area contributed by atoms with Crippen molar-refractivity contribution in [2.45, 2.75) is 46.3 Å². The SMILES string of the molecule is CCn1cc(O)c(-c2nc3c(n2C(C)C)C(c2ccc(C#N)cc2)N(c2cc(Cl)ccc2C)C3=O)cc1=O. The number of aryl methyl sites for hydroxylation is 2. The van der Waals surface area contributed by atoms with Gasteiger partial charge in [0.25, 0.3) is 11.5 Å². The normalized spacial score (nSPS) is 14.7. The van der Waals surface area contributed by atoms with E-state index in [1.54, 1.807) is 29.2 Å². The van der Waals surface area contributed by atoms with Crippen LogP contribution in [-0.4, -0.2) is 25.1 Å². The van der Waals surface area contributed by atoms with E-state index in [0.29, 0.717) is 34.3 Å². The first-order valence-corrected chi connectivity index (χ1v) is 12.7. The lowest BCUT2D eigenvalue weighted by molar-refractivity contribution is 0.0989. The minimum atomic E-state index is -0.579. The number of anilines is 1. The Labute approximate surface area is 225 Å². The van der Waals surface area contributed by atoms with Gasteiger partial charge in [-0.15, -0.1) is 0 Å². The molecule has 0 radical (unpaired) electrons. The average molecular weight is 528 g/mol. The molecule has 2 aromatic heterocycles. The second kappa shape index (κ2) is 9.51. The van der Waals surface area contributed by atoms with Crippen LogP contribution in [0.3, 0.4) is 0 Å². The smallest absolute Gasteiger partial charge is 0.279 e. The first-order chi connectivity index (χ1) is 18.2. The molecular formula is C29H26ClN5O3. The largest absolute Gasteiger partial charge is 0.506 e. The molecule has 9 heteroatoms. The molecule has 3 heterocycles. The van der Waals surface area contributed by atoms with Crippen molar-refractivity contribution in [1.29, 1.82) is 5.26 Å². The molecule has 0 bridgehead atoms. The molecule has 1 aliphatic heterocycles. The van der Waals surface area contributed by atoms with Crippen LogP contribution < -0.4 is 10.5 Å². The minimum absolute atomic E-state index is 0.0954. The maximum atomic E-state index is 14.1. The topological polar surface area (TPSA) is 104 Å². The van der Waals surface area contributed by atoms with E-state index in [-0.39, 0.29) is 34.5 Å². The number of rotatable bonds is 5. The molecule has 192 valence electrons. The Balaban J connectivity index is 1.80. The summed E-state index contributed by atoms with van der Waals surface area (Å²) in [7, 11) is 0. The lowest BCUT2D eigenvalue weighted by atomic mass is 10.0. The zero-order chi connectivity index (χ0) is 27.3. The van der Waals surface area contributed by atoms with Gasteiger partial charge in [0.1, 0.15) is 17.6 Å². The van der Waals surface area contributed by atoms with Crippen molar-refractivity contribution in [3.8, 4) is 23.2 Å². The van der Waals surface area contributed by atoms with Crippen LogP contribution in [-0.2, 0) is 6.54 Å². The van der Waals surface area contributed by atoms with Gasteiger partial charge in [-0.25, -0.2) is 4.98 Å². The Morgan fingerprint density at radius 3 is 2.47 bits per heavy atom. The second-order valence-corrected chi connectivity index (χ2v) is 10.0. The number of aromatic nitrogens is 3. The summed E-state index contributed by atoms with van der Waals surface area (Å²) >= 11 is 6.35. The lowest BCUT2D eigenvalue weighted by Crippen LogP contribution is -2.31. The van der Waals surface area contributed by atoms with Crippen molar-refractivity contribution in [1.82, 2.24) is 14.1 Å². The molecule has 2 aromatic carbocycles. The van der Waals surface area contributed by atoms with Crippen molar-refractivity contribution in [3.05, 3.63) is 98.2 Å². The lowest BCUT2D eigenvalue weighted by Gasteiger charge is -2.29. The predicted molar refractivity (Wildman–Crippen MR) is 146 cm³/mol. The number of benzene rings is 2. The summed E-state index contributed by atoms with van der Waals surface area (Å²) in [5, 5.41) is 20.7. The first-order valence-electron chi connectivity index (χ1n) is 12.3. The minimum Gasteiger partial charge on any atom is -0.506 e. The van der Waals surface area contributed by atoms with Crippen LogP contribution in [0, 0.1) is 18.3 Å². The number of amides is 1. The predicted octanol–water partition coefficient (Wildman–Crippen LogP) is 5.60. The van der Waals surface area contributed by atoms with E-state index in [1.165, 1.54) is 16.8 Å². The van der Waals surface area contributed by atoms with Crippen molar-refractivity contribution in [2.24, 2.45) is 0 Å². The van der Waals surface area contributed by atoms with Crippen molar-refractivity contribution in [2.75, 3.05) is 4.90 Å². The molecule has 0 aliphatic carbocycles. The highest BCUT2D eigenvalue weighted by atomic mass is 35.5. The first kappa shape index (κ1) is 25.3.